The van der Waals surface area contributed by atoms with Crippen LogP contribution in [-0.4, -0.2) is 52.4 Å². The van der Waals surface area contributed by atoms with E-state index in [1.54, 1.807) is 18.2 Å². The highest BCUT2D eigenvalue weighted by Crippen LogP contribution is 2.25. The maximum absolute atomic E-state index is 10.2. The van der Waals surface area contributed by atoms with Gasteiger partial charge in [-0.15, -0.1) is 10.2 Å². The van der Waals surface area contributed by atoms with Crippen LogP contribution in [0, 0.1) is 6.92 Å². The number of hydrogen-bond acceptors (Lipinski definition) is 8. The van der Waals surface area contributed by atoms with Gasteiger partial charge in [-0.3, -0.25) is 5.43 Å². The minimum atomic E-state index is -0.700. The summed E-state index contributed by atoms with van der Waals surface area (Å²) < 4.78 is 11.3. The summed E-state index contributed by atoms with van der Waals surface area (Å²) in [6.07, 6.45) is -0.700. The number of nitrogens with one attached hydrogen (secondary N) is 2. The lowest BCUT2D eigenvalue weighted by Gasteiger charge is -2.27. The lowest BCUT2D eigenvalue weighted by Crippen LogP contribution is -2.48. The maximum atomic E-state index is 10.2. The number of nitrogens with zero attached hydrogens (tertiary/aromatic N) is 3. The summed E-state index contributed by atoms with van der Waals surface area (Å²) in [6.45, 7) is 10.5. The number of aliphatic hydroxyl groups excluding tert-OH is 1. The van der Waals surface area contributed by atoms with Gasteiger partial charge in [-0.25, -0.2) is 0 Å². The Morgan fingerprint density at radius 1 is 1.20 bits per heavy atom. The van der Waals surface area contributed by atoms with Gasteiger partial charge in [0.1, 0.15) is 25.1 Å². The quantitative estimate of drug-likeness (QED) is 0.367. The number of anilines is 1. The number of rotatable bonds is 11. The number of halogens is 1. The monoisotopic (exact) mass is 435 g/mol. The van der Waals surface area contributed by atoms with E-state index in [2.05, 4.69) is 26.0 Å². The van der Waals surface area contributed by atoms with Gasteiger partial charge < -0.3 is 19.9 Å². The lowest BCUT2D eigenvalue weighted by atomic mass is 10.1. The van der Waals surface area contributed by atoms with E-state index in [0.717, 1.165) is 11.3 Å². The Morgan fingerprint density at radius 2 is 1.97 bits per heavy atom. The van der Waals surface area contributed by atoms with Crippen molar-refractivity contribution in [3.63, 3.8) is 0 Å². The van der Waals surface area contributed by atoms with Crippen LogP contribution < -0.4 is 20.2 Å². The van der Waals surface area contributed by atoms with E-state index in [1.807, 2.05) is 46.8 Å². The van der Waals surface area contributed by atoms with E-state index in [9.17, 15) is 5.11 Å². The summed E-state index contributed by atoms with van der Waals surface area (Å²) >= 11 is 6.11. The van der Waals surface area contributed by atoms with Crippen molar-refractivity contribution in [3.8, 4) is 11.6 Å². The largest absolute Gasteiger partial charge is 0.489 e. The molecule has 1 heterocycles. The summed E-state index contributed by atoms with van der Waals surface area (Å²) in [4.78, 5) is 0. The lowest BCUT2D eigenvalue weighted by molar-refractivity contribution is 0.0923. The molecular weight excluding hydrogens is 406 g/mol. The molecule has 0 bridgehead atoms. The molecule has 164 valence electrons. The molecule has 1 aromatic carbocycles. The second-order valence-electron chi connectivity index (χ2n) is 7.88. The van der Waals surface area contributed by atoms with Gasteiger partial charge in [0.25, 0.3) is 0 Å². The molecule has 1 aromatic heterocycles. The third-order valence-corrected chi connectivity index (χ3v) is 4.26. The number of aryl methyl sites for hydroxylation is 1. The molecule has 0 aliphatic heterocycles. The van der Waals surface area contributed by atoms with Crippen LogP contribution in [0.2, 0.25) is 5.02 Å². The van der Waals surface area contributed by atoms with E-state index in [0.29, 0.717) is 35.6 Å². The van der Waals surface area contributed by atoms with E-state index >= 15 is 0 Å². The molecule has 30 heavy (non-hydrogen) atoms. The number of β-amino-alcohol motifs (C(OH)–C–C–N with tert-alkyl or cyclic N) is 1. The fourth-order valence-corrected chi connectivity index (χ4v) is 2.46. The average molecular weight is 436 g/mol. The standard InChI is InChI=1S/C21H30ClN5O3/c1-14(2)24-25-19-8-9-20(27-26-19)30-13-21(4,5)23-11-16(28)12-29-18-10-15(3)6-7-17(18)22/h6-10,16,23,28H,11-13H2,1-5H3,(H,25,26). The van der Waals surface area contributed by atoms with Crippen molar-refractivity contribution < 1.29 is 14.6 Å². The molecule has 0 amide bonds. The molecule has 0 spiro atoms. The molecule has 0 aliphatic rings. The Bertz CT molecular complexity index is 839. The number of aromatic nitrogens is 2. The van der Waals surface area contributed by atoms with Gasteiger partial charge in [0, 0.05) is 23.9 Å². The minimum Gasteiger partial charge on any atom is -0.489 e. The highest BCUT2D eigenvalue weighted by atomic mass is 35.5. The summed E-state index contributed by atoms with van der Waals surface area (Å²) in [7, 11) is 0. The Morgan fingerprint density at radius 3 is 2.63 bits per heavy atom. The van der Waals surface area contributed by atoms with E-state index in [1.165, 1.54) is 0 Å². The molecule has 1 unspecified atom stereocenters. The topological polar surface area (TPSA) is 101 Å². The van der Waals surface area contributed by atoms with Gasteiger partial charge in [0.2, 0.25) is 5.88 Å². The number of ether oxygens (including phenoxy) is 2. The van der Waals surface area contributed by atoms with Gasteiger partial charge in [-0.05, 0) is 58.4 Å². The Balaban J connectivity index is 1.75. The molecule has 0 fully saturated rings. The smallest absolute Gasteiger partial charge is 0.233 e. The van der Waals surface area contributed by atoms with Crippen molar-refractivity contribution >= 4 is 23.1 Å². The number of benzene rings is 1. The first-order chi connectivity index (χ1) is 14.1. The Hall–Kier alpha value is -2.42. The van der Waals surface area contributed by atoms with Crippen molar-refractivity contribution in [2.45, 2.75) is 46.3 Å². The number of aliphatic hydroxyl groups is 1. The molecule has 0 aliphatic carbocycles. The molecule has 0 saturated carbocycles. The Kier molecular flexibility index (Phi) is 8.83. The van der Waals surface area contributed by atoms with Crippen LogP contribution in [0.15, 0.2) is 35.4 Å². The van der Waals surface area contributed by atoms with Crippen molar-refractivity contribution in [1.82, 2.24) is 15.5 Å². The SMILES string of the molecule is CC(C)=NNc1ccc(OCC(C)(C)NCC(O)COc2cc(C)ccc2Cl)nn1. The highest BCUT2D eigenvalue weighted by molar-refractivity contribution is 6.32. The third-order valence-electron chi connectivity index (χ3n) is 3.95. The highest BCUT2D eigenvalue weighted by Gasteiger charge is 2.20. The van der Waals surface area contributed by atoms with Crippen LogP contribution in [-0.2, 0) is 0 Å². The van der Waals surface area contributed by atoms with Crippen molar-refractivity contribution in [3.05, 3.63) is 40.9 Å². The van der Waals surface area contributed by atoms with Gasteiger partial charge in [0.15, 0.2) is 5.82 Å². The minimum absolute atomic E-state index is 0.132. The van der Waals surface area contributed by atoms with E-state index in [-0.39, 0.29) is 6.61 Å². The third kappa shape index (κ3) is 8.52. The second-order valence-corrected chi connectivity index (χ2v) is 8.29. The molecule has 9 heteroatoms. The van der Waals surface area contributed by atoms with Gasteiger partial charge in [-0.2, -0.15) is 5.10 Å². The normalized spacial score (nSPS) is 12.2. The van der Waals surface area contributed by atoms with Crippen molar-refractivity contribution in [2.24, 2.45) is 5.10 Å². The Labute approximate surface area is 182 Å². The molecule has 8 nitrogen and oxygen atoms in total. The predicted octanol–water partition coefficient (Wildman–Crippen LogP) is 3.43. The summed E-state index contributed by atoms with van der Waals surface area (Å²) in [6, 6.07) is 9.00. The molecule has 2 rings (SSSR count). The summed E-state index contributed by atoms with van der Waals surface area (Å²) in [5.41, 5.74) is 4.34. The fraction of sp³-hybridized carbons (Fsp3) is 0.476. The van der Waals surface area contributed by atoms with Crippen LogP contribution in [0.25, 0.3) is 0 Å². The van der Waals surface area contributed by atoms with Crippen LogP contribution in [0.3, 0.4) is 0 Å². The zero-order valence-corrected chi connectivity index (χ0v) is 18.8. The van der Waals surface area contributed by atoms with E-state index < -0.39 is 11.6 Å². The van der Waals surface area contributed by atoms with Gasteiger partial charge in [-0.1, -0.05) is 17.7 Å². The summed E-state index contributed by atoms with van der Waals surface area (Å²) in [5, 5.41) is 26.1. The zero-order chi connectivity index (χ0) is 22.1. The van der Waals surface area contributed by atoms with Crippen LogP contribution >= 0.6 is 11.6 Å². The van der Waals surface area contributed by atoms with Gasteiger partial charge >= 0.3 is 0 Å². The van der Waals surface area contributed by atoms with Crippen LogP contribution in [0.1, 0.15) is 33.3 Å². The first-order valence-electron chi connectivity index (χ1n) is 9.70. The molecular formula is C21H30ClN5O3. The van der Waals surface area contributed by atoms with Gasteiger partial charge in [0.05, 0.1) is 5.02 Å². The molecule has 3 N–H and O–H groups in total. The molecule has 2 aromatic rings. The van der Waals surface area contributed by atoms with Crippen LogP contribution in [0.4, 0.5) is 5.82 Å². The first kappa shape index (κ1) is 23.9. The molecule has 0 saturated heterocycles. The maximum Gasteiger partial charge on any atom is 0.233 e. The fourth-order valence-electron chi connectivity index (χ4n) is 2.29. The number of hydrazone groups is 1. The van der Waals surface area contributed by atoms with Crippen molar-refractivity contribution in [1.29, 1.82) is 0 Å². The van der Waals surface area contributed by atoms with E-state index in [4.69, 9.17) is 21.1 Å². The zero-order valence-electron chi connectivity index (χ0n) is 18.1. The summed E-state index contributed by atoms with van der Waals surface area (Å²) in [5.74, 6) is 1.51. The second kappa shape index (κ2) is 11.1. The molecule has 1 atom stereocenters. The van der Waals surface area contributed by atoms with Crippen molar-refractivity contribution in [2.75, 3.05) is 25.2 Å². The predicted molar refractivity (Wildman–Crippen MR) is 120 cm³/mol. The molecule has 0 radical (unpaired) electrons. The average Bonchev–Trinajstić information content (AvgIpc) is 2.70. The number of hydrogen-bond donors (Lipinski definition) is 3. The first-order valence-corrected chi connectivity index (χ1v) is 10.1. The van der Waals surface area contributed by atoms with Crippen LogP contribution in [0.5, 0.6) is 11.6 Å².